The van der Waals surface area contributed by atoms with E-state index in [1.165, 1.54) is 0 Å². The zero-order valence-corrected chi connectivity index (χ0v) is 17.3. The van der Waals surface area contributed by atoms with E-state index < -0.39 is 15.6 Å². The molecule has 1 aliphatic rings. The van der Waals surface area contributed by atoms with E-state index >= 15 is 0 Å². The molecule has 0 N–H and O–H groups in total. The van der Waals surface area contributed by atoms with E-state index in [1.807, 2.05) is 6.07 Å². The Morgan fingerprint density at radius 2 is 1.70 bits per heavy atom. The number of hydrogen-bond acceptors (Lipinski definition) is 5. The molecular formula is C20H29N3O3S. The summed E-state index contributed by atoms with van der Waals surface area (Å²) in [5, 5.41) is 8.79. The van der Waals surface area contributed by atoms with Gasteiger partial charge in [-0.1, -0.05) is 32.9 Å². The summed E-state index contributed by atoms with van der Waals surface area (Å²) in [5.41, 5.74) is 1.36. The van der Waals surface area contributed by atoms with Crippen LogP contribution in [-0.2, 0) is 20.4 Å². The topological polar surface area (TPSA) is 81.5 Å². The third-order valence-corrected chi connectivity index (χ3v) is 6.18. The van der Waals surface area contributed by atoms with Crippen molar-refractivity contribution >= 4 is 15.7 Å². The summed E-state index contributed by atoms with van der Waals surface area (Å²) in [4.78, 5) is 16.4. The molecule has 2 rings (SSSR count). The third kappa shape index (κ3) is 7.31. The van der Waals surface area contributed by atoms with Gasteiger partial charge in [0.25, 0.3) is 0 Å². The highest BCUT2D eigenvalue weighted by molar-refractivity contribution is 7.91. The molecule has 1 aromatic rings. The van der Waals surface area contributed by atoms with E-state index in [4.69, 9.17) is 5.26 Å². The zero-order valence-electron chi connectivity index (χ0n) is 16.4. The second-order valence-electron chi connectivity index (χ2n) is 8.37. The van der Waals surface area contributed by atoms with Gasteiger partial charge in [-0.25, -0.2) is 8.42 Å². The molecule has 1 aromatic carbocycles. The number of carbonyl (C=O) groups excluding carboxylic acids is 1. The fourth-order valence-electron chi connectivity index (χ4n) is 2.97. The number of carbonyl (C=O) groups is 1. The Morgan fingerprint density at radius 1 is 1.11 bits per heavy atom. The fraction of sp³-hybridized carbons (Fsp3) is 0.600. The molecule has 0 aliphatic carbocycles. The summed E-state index contributed by atoms with van der Waals surface area (Å²) in [6, 6.07) is 8.41. The van der Waals surface area contributed by atoms with E-state index in [9.17, 15) is 13.2 Å². The van der Waals surface area contributed by atoms with Gasteiger partial charge >= 0.3 is 0 Å². The summed E-state index contributed by atoms with van der Waals surface area (Å²) in [7, 11) is -3.53. The highest BCUT2D eigenvalue weighted by Crippen LogP contribution is 2.19. The number of hydrogen-bond donors (Lipinski definition) is 0. The van der Waals surface area contributed by atoms with Crippen molar-refractivity contribution in [1.82, 2.24) is 9.80 Å². The van der Waals surface area contributed by atoms with Crippen molar-refractivity contribution < 1.29 is 13.2 Å². The van der Waals surface area contributed by atoms with Crippen molar-refractivity contribution in [1.29, 1.82) is 5.26 Å². The van der Waals surface area contributed by atoms with Gasteiger partial charge in [-0.2, -0.15) is 5.26 Å². The Kier molecular flexibility index (Phi) is 7.01. The molecule has 1 saturated heterocycles. The quantitative estimate of drug-likeness (QED) is 0.741. The van der Waals surface area contributed by atoms with E-state index in [0.717, 1.165) is 26.1 Å². The van der Waals surface area contributed by atoms with Gasteiger partial charge in [-0.15, -0.1) is 0 Å². The highest BCUT2D eigenvalue weighted by Gasteiger charge is 2.26. The minimum absolute atomic E-state index is 0.185. The SMILES string of the molecule is CC(C)(C)CCN1CCN(C(=O)CS(=O)(=O)Cc2ccc(C#N)cc2)CC1. The van der Waals surface area contributed by atoms with E-state index in [0.29, 0.717) is 24.2 Å². The standard InChI is InChI=1S/C20H29N3O3S/c1-20(2,3)8-9-22-10-12-23(13-11-22)19(24)16-27(25,26)15-18-6-4-17(14-21)5-7-18/h4-7H,8-13,15-16H2,1-3H3. The molecule has 1 heterocycles. The Morgan fingerprint density at radius 3 is 2.22 bits per heavy atom. The first-order valence-corrected chi connectivity index (χ1v) is 11.1. The molecule has 1 fully saturated rings. The van der Waals surface area contributed by atoms with E-state index in [-0.39, 0.29) is 17.1 Å². The molecule has 0 unspecified atom stereocenters. The first kappa shape index (κ1) is 21.4. The monoisotopic (exact) mass is 391 g/mol. The number of piperazine rings is 1. The molecule has 0 atom stereocenters. The van der Waals surface area contributed by atoms with Gasteiger partial charge in [0.2, 0.25) is 5.91 Å². The average Bonchev–Trinajstić information content (AvgIpc) is 2.59. The van der Waals surface area contributed by atoms with Crippen molar-refractivity contribution in [2.24, 2.45) is 5.41 Å². The van der Waals surface area contributed by atoms with Crippen LogP contribution in [-0.4, -0.2) is 62.6 Å². The molecule has 27 heavy (non-hydrogen) atoms. The van der Waals surface area contributed by atoms with Crippen LogP contribution in [0.2, 0.25) is 0 Å². The molecule has 0 bridgehead atoms. The van der Waals surface area contributed by atoms with Crippen molar-refractivity contribution in [2.75, 3.05) is 38.5 Å². The maximum absolute atomic E-state index is 12.4. The van der Waals surface area contributed by atoms with Gasteiger partial charge in [-0.05, 0) is 36.1 Å². The second-order valence-corrected chi connectivity index (χ2v) is 10.4. The van der Waals surface area contributed by atoms with E-state index in [1.54, 1.807) is 29.2 Å². The smallest absolute Gasteiger partial charge is 0.237 e. The van der Waals surface area contributed by atoms with Crippen LogP contribution in [0.4, 0.5) is 0 Å². The number of benzene rings is 1. The predicted octanol–water partition coefficient (Wildman–Crippen LogP) is 2.05. The van der Waals surface area contributed by atoms with Gasteiger partial charge < -0.3 is 4.90 Å². The number of nitrogens with zero attached hydrogens (tertiary/aromatic N) is 3. The van der Waals surface area contributed by atoms with E-state index in [2.05, 4.69) is 25.7 Å². The molecule has 0 radical (unpaired) electrons. The third-order valence-electron chi connectivity index (χ3n) is 4.72. The second kappa shape index (κ2) is 8.85. The van der Waals surface area contributed by atoms with Crippen LogP contribution in [0.3, 0.4) is 0 Å². The van der Waals surface area contributed by atoms with Crippen LogP contribution in [0.5, 0.6) is 0 Å². The first-order valence-electron chi connectivity index (χ1n) is 9.28. The van der Waals surface area contributed by atoms with Crippen LogP contribution in [0, 0.1) is 16.7 Å². The Hall–Kier alpha value is -1.91. The molecule has 1 amide bonds. The minimum atomic E-state index is -3.53. The molecule has 148 valence electrons. The normalized spacial score (nSPS) is 16.1. The summed E-state index contributed by atoms with van der Waals surface area (Å²) >= 11 is 0. The molecule has 7 heteroatoms. The van der Waals surface area contributed by atoms with Gasteiger partial charge in [0.15, 0.2) is 9.84 Å². The minimum Gasteiger partial charge on any atom is -0.339 e. The first-order chi connectivity index (χ1) is 12.6. The van der Waals surface area contributed by atoms with Gasteiger partial charge in [0.1, 0.15) is 5.75 Å². The van der Waals surface area contributed by atoms with Gasteiger partial charge in [0, 0.05) is 26.2 Å². The molecular weight excluding hydrogens is 362 g/mol. The molecule has 6 nitrogen and oxygen atoms in total. The summed E-state index contributed by atoms with van der Waals surface area (Å²) < 4.78 is 24.7. The highest BCUT2D eigenvalue weighted by atomic mass is 32.2. The summed E-state index contributed by atoms with van der Waals surface area (Å²) in [6.07, 6.45) is 1.10. The number of nitriles is 1. The van der Waals surface area contributed by atoms with Crippen molar-refractivity contribution in [2.45, 2.75) is 32.9 Å². The maximum atomic E-state index is 12.4. The largest absolute Gasteiger partial charge is 0.339 e. The molecule has 0 aromatic heterocycles. The molecule has 0 saturated carbocycles. The number of rotatable bonds is 6. The number of sulfone groups is 1. The lowest BCUT2D eigenvalue weighted by atomic mass is 9.92. The van der Waals surface area contributed by atoms with Crippen molar-refractivity contribution in [3.63, 3.8) is 0 Å². The molecule has 1 aliphatic heterocycles. The maximum Gasteiger partial charge on any atom is 0.237 e. The van der Waals surface area contributed by atoms with Gasteiger partial charge in [-0.3, -0.25) is 9.69 Å². The van der Waals surface area contributed by atoms with Crippen LogP contribution >= 0.6 is 0 Å². The Bertz CT molecular complexity index is 781. The number of amides is 1. The van der Waals surface area contributed by atoms with Crippen LogP contribution < -0.4 is 0 Å². The van der Waals surface area contributed by atoms with Crippen LogP contribution in [0.15, 0.2) is 24.3 Å². The molecule has 0 spiro atoms. The fourth-order valence-corrected chi connectivity index (χ4v) is 4.34. The lowest BCUT2D eigenvalue weighted by Crippen LogP contribution is -2.50. The summed E-state index contributed by atoms with van der Waals surface area (Å²) in [6.45, 7) is 10.4. The predicted molar refractivity (Wildman–Crippen MR) is 106 cm³/mol. The summed E-state index contributed by atoms with van der Waals surface area (Å²) in [5.74, 6) is -0.968. The van der Waals surface area contributed by atoms with Gasteiger partial charge in [0.05, 0.1) is 17.4 Å². The van der Waals surface area contributed by atoms with Crippen LogP contribution in [0.25, 0.3) is 0 Å². The Labute approximate surface area is 162 Å². The lowest BCUT2D eigenvalue weighted by Gasteiger charge is -2.36. The van der Waals surface area contributed by atoms with Crippen molar-refractivity contribution in [3.05, 3.63) is 35.4 Å². The zero-order chi connectivity index (χ0) is 20.1. The van der Waals surface area contributed by atoms with Crippen molar-refractivity contribution in [3.8, 4) is 6.07 Å². The lowest BCUT2D eigenvalue weighted by molar-refractivity contribution is -0.130. The van der Waals surface area contributed by atoms with Crippen LogP contribution in [0.1, 0.15) is 38.3 Å². The average molecular weight is 392 g/mol. The Balaban J connectivity index is 1.83.